The zero-order valence-corrected chi connectivity index (χ0v) is 23.2. The van der Waals surface area contributed by atoms with Gasteiger partial charge in [0.2, 0.25) is 0 Å². The van der Waals surface area contributed by atoms with Crippen molar-refractivity contribution in [2.45, 2.75) is 20.8 Å². The van der Waals surface area contributed by atoms with Gasteiger partial charge in [-0.2, -0.15) is 0 Å². The summed E-state index contributed by atoms with van der Waals surface area (Å²) >= 11 is 0. The monoisotopic (exact) mass is 556 g/mol. The molecule has 0 amide bonds. The Morgan fingerprint density at radius 1 is 0.634 bits per heavy atom. The van der Waals surface area contributed by atoms with Crippen LogP contribution in [0.5, 0.6) is 23.0 Å². The minimum absolute atomic E-state index is 0.00627. The second-order valence-electron chi connectivity index (χ2n) is 9.15. The van der Waals surface area contributed by atoms with Crippen molar-refractivity contribution in [2.75, 3.05) is 7.11 Å². The van der Waals surface area contributed by atoms with Crippen LogP contribution in [0.4, 0.5) is 4.39 Å². The fourth-order valence-corrected chi connectivity index (χ4v) is 3.32. The first-order valence-corrected chi connectivity index (χ1v) is 12.3. The SMILES string of the molecule is C=C(C)C(=O)Oc1cc(-c2ccc(/C=C/c3ccc(OC(=O)C(=C)C)c(OC(=O)C(=C)C)c3)c(F)c2)ccc1OC. The maximum atomic E-state index is 15.1. The van der Waals surface area contributed by atoms with E-state index < -0.39 is 23.7 Å². The van der Waals surface area contributed by atoms with Crippen LogP contribution in [0.15, 0.2) is 91.1 Å². The van der Waals surface area contributed by atoms with Crippen molar-refractivity contribution < 1.29 is 37.7 Å². The zero-order valence-electron chi connectivity index (χ0n) is 23.2. The van der Waals surface area contributed by atoms with Crippen molar-refractivity contribution in [2.24, 2.45) is 0 Å². The average Bonchev–Trinajstić information content (AvgIpc) is 2.93. The largest absolute Gasteiger partial charge is 0.493 e. The first-order valence-electron chi connectivity index (χ1n) is 12.3. The van der Waals surface area contributed by atoms with E-state index in [1.54, 1.807) is 48.6 Å². The van der Waals surface area contributed by atoms with Crippen LogP contribution in [0.1, 0.15) is 31.9 Å². The summed E-state index contributed by atoms with van der Waals surface area (Å²) in [6.07, 6.45) is 3.16. The summed E-state index contributed by atoms with van der Waals surface area (Å²) in [5.74, 6) is -1.94. The molecule has 7 nitrogen and oxygen atoms in total. The van der Waals surface area contributed by atoms with Crippen LogP contribution >= 0.6 is 0 Å². The summed E-state index contributed by atoms with van der Waals surface area (Å²) in [7, 11) is 1.45. The van der Waals surface area contributed by atoms with Gasteiger partial charge in [0.25, 0.3) is 0 Å². The molecule has 8 heteroatoms. The van der Waals surface area contributed by atoms with Gasteiger partial charge in [-0.25, -0.2) is 18.8 Å². The van der Waals surface area contributed by atoms with E-state index >= 15 is 4.39 Å². The number of carbonyl (C=O) groups excluding carboxylic acids is 3. The van der Waals surface area contributed by atoms with Crippen molar-refractivity contribution in [1.82, 2.24) is 0 Å². The molecule has 0 aromatic heterocycles. The lowest BCUT2D eigenvalue weighted by Crippen LogP contribution is -2.12. The molecule has 3 aromatic carbocycles. The molecule has 0 fully saturated rings. The number of rotatable bonds is 10. The average molecular weight is 557 g/mol. The number of hydrogen-bond acceptors (Lipinski definition) is 7. The first-order chi connectivity index (χ1) is 19.4. The molecule has 0 aliphatic heterocycles. The smallest absolute Gasteiger partial charge is 0.338 e. The Morgan fingerprint density at radius 2 is 1.12 bits per heavy atom. The van der Waals surface area contributed by atoms with E-state index in [2.05, 4.69) is 19.7 Å². The van der Waals surface area contributed by atoms with E-state index in [1.165, 1.54) is 46.1 Å². The number of benzene rings is 3. The standard InChI is InChI=1S/C33H29FO7/c1-19(2)31(35)39-28-14-9-22(16-29(28)40-32(36)20(3)4)8-10-23-11-12-24(17-26(23)34)25-13-15-27(38-7)30(18-25)41-33(37)21(5)6/h8-18H,1,3,5H2,2,4,6-7H3/b10-8+. The van der Waals surface area contributed by atoms with E-state index in [1.807, 2.05) is 0 Å². The number of esters is 3. The quantitative estimate of drug-likeness (QED) is 0.114. The minimum atomic E-state index is -0.698. The molecule has 0 radical (unpaired) electrons. The van der Waals surface area contributed by atoms with Crippen LogP contribution in [0.2, 0.25) is 0 Å². The van der Waals surface area contributed by atoms with Crippen molar-refractivity contribution in [3.63, 3.8) is 0 Å². The van der Waals surface area contributed by atoms with Crippen LogP contribution < -0.4 is 18.9 Å². The van der Waals surface area contributed by atoms with E-state index in [0.717, 1.165) is 0 Å². The Hall–Kier alpha value is -5.24. The van der Waals surface area contributed by atoms with Crippen molar-refractivity contribution >= 4 is 30.1 Å². The summed E-state index contributed by atoms with van der Waals surface area (Å²) in [4.78, 5) is 36.1. The summed E-state index contributed by atoms with van der Waals surface area (Å²) in [5, 5.41) is 0. The highest BCUT2D eigenvalue weighted by Crippen LogP contribution is 2.34. The molecule has 0 aliphatic rings. The Labute approximate surface area is 237 Å². The van der Waals surface area contributed by atoms with Gasteiger partial charge in [-0.1, -0.05) is 56.2 Å². The summed E-state index contributed by atoms with van der Waals surface area (Å²) < 4.78 is 36.3. The fourth-order valence-electron chi connectivity index (χ4n) is 3.32. The van der Waals surface area contributed by atoms with Gasteiger partial charge in [0, 0.05) is 22.3 Å². The second kappa shape index (κ2) is 13.2. The van der Waals surface area contributed by atoms with Crippen LogP contribution in [0, 0.1) is 5.82 Å². The van der Waals surface area contributed by atoms with Crippen LogP contribution in [0.25, 0.3) is 23.3 Å². The topological polar surface area (TPSA) is 88.1 Å². The fraction of sp³-hybridized carbons (Fsp3) is 0.121. The third-order valence-corrected chi connectivity index (χ3v) is 5.57. The molecule has 0 saturated heterocycles. The molecule has 0 heterocycles. The molecule has 0 bridgehead atoms. The number of hydrogen-bond donors (Lipinski definition) is 0. The molecule has 3 rings (SSSR count). The van der Waals surface area contributed by atoms with E-state index in [9.17, 15) is 14.4 Å². The van der Waals surface area contributed by atoms with Gasteiger partial charge in [-0.05, 0) is 67.8 Å². The third kappa shape index (κ3) is 7.89. The minimum Gasteiger partial charge on any atom is -0.493 e. The number of carbonyl (C=O) groups is 3. The molecular weight excluding hydrogens is 527 g/mol. The summed E-state index contributed by atoms with van der Waals surface area (Å²) in [6, 6.07) is 14.2. The lowest BCUT2D eigenvalue weighted by atomic mass is 10.0. The molecular formula is C33H29FO7. The van der Waals surface area contributed by atoms with Gasteiger partial charge in [-0.15, -0.1) is 0 Å². The van der Waals surface area contributed by atoms with Gasteiger partial charge in [0.15, 0.2) is 23.0 Å². The first kappa shape index (κ1) is 30.3. The molecule has 0 spiro atoms. The summed E-state index contributed by atoms with van der Waals surface area (Å²) in [6.45, 7) is 15.2. The molecule has 0 atom stereocenters. The van der Waals surface area contributed by atoms with Gasteiger partial charge in [-0.3, -0.25) is 0 Å². The highest BCUT2D eigenvalue weighted by atomic mass is 19.1. The zero-order chi connectivity index (χ0) is 30.3. The number of ether oxygens (including phenoxy) is 4. The Morgan fingerprint density at radius 3 is 1.66 bits per heavy atom. The highest BCUT2D eigenvalue weighted by Gasteiger charge is 2.16. The molecule has 210 valence electrons. The maximum absolute atomic E-state index is 15.1. The lowest BCUT2D eigenvalue weighted by molar-refractivity contribution is -0.132. The van der Waals surface area contributed by atoms with Gasteiger partial charge >= 0.3 is 17.9 Å². The normalized spacial score (nSPS) is 10.6. The molecule has 0 N–H and O–H groups in total. The van der Waals surface area contributed by atoms with Crippen LogP contribution in [-0.2, 0) is 14.4 Å². The number of halogens is 1. The lowest BCUT2D eigenvalue weighted by Gasteiger charge is -2.12. The van der Waals surface area contributed by atoms with E-state index in [4.69, 9.17) is 18.9 Å². The van der Waals surface area contributed by atoms with Crippen molar-refractivity contribution in [1.29, 1.82) is 0 Å². The highest BCUT2D eigenvalue weighted by molar-refractivity contribution is 5.91. The van der Waals surface area contributed by atoms with E-state index in [0.29, 0.717) is 22.4 Å². The van der Waals surface area contributed by atoms with Crippen molar-refractivity contribution in [3.05, 3.63) is 108 Å². The van der Waals surface area contributed by atoms with Gasteiger partial charge < -0.3 is 18.9 Å². The predicted molar refractivity (Wildman–Crippen MR) is 155 cm³/mol. The maximum Gasteiger partial charge on any atom is 0.338 e. The van der Waals surface area contributed by atoms with Crippen molar-refractivity contribution in [3.8, 4) is 34.1 Å². The van der Waals surface area contributed by atoms with E-state index in [-0.39, 0.29) is 39.5 Å². The molecule has 3 aromatic rings. The van der Waals surface area contributed by atoms with Gasteiger partial charge in [0.05, 0.1) is 7.11 Å². The van der Waals surface area contributed by atoms with Crippen LogP contribution in [-0.4, -0.2) is 25.0 Å². The molecule has 0 unspecified atom stereocenters. The second-order valence-corrected chi connectivity index (χ2v) is 9.15. The number of methoxy groups -OCH3 is 1. The Balaban J connectivity index is 1.89. The van der Waals surface area contributed by atoms with Crippen LogP contribution in [0.3, 0.4) is 0 Å². The van der Waals surface area contributed by atoms with Gasteiger partial charge in [0.1, 0.15) is 5.82 Å². The third-order valence-electron chi connectivity index (χ3n) is 5.57. The summed E-state index contributed by atoms with van der Waals surface area (Å²) in [5.41, 5.74) is 2.54. The Kier molecular flexibility index (Phi) is 9.76. The molecule has 41 heavy (non-hydrogen) atoms. The Bertz CT molecular complexity index is 1600. The molecule has 0 aliphatic carbocycles. The molecule has 0 saturated carbocycles. The predicted octanol–water partition coefficient (Wildman–Crippen LogP) is 7.12.